The molecule has 0 unspecified atom stereocenters. The molecule has 0 radical (unpaired) electrons. The Labute approximate surface area is 180 Å². The number of carbonyl (C=O) groups excluding carboxylic acids is 1. The monoisotopic (exact) mass is 441 g/mol. The molecule has 0 aliphatic carbocycles. The van der Waals surface area contributed by atoms with Crippen molar-refractivity contribution in [1.82, 2.24) is 4.98 Å². The Morgan fingerprint density at radius 1 is 1.13 bits per heavy atom. The molecule has 0 bridgehead atoms. The summed E-state index contributed by atoms with van der Waals surface area (Å²) in [6.07, 6.45) is 0. The topological polar surface area (TPSA) is 98.3 Å². The number of fused-ring (bicyclic) bond motifs is 1. The van der Waals surface area contributed by atoms with Gasteiger partial charge in [-0.3, -0.25) is 14.9 Å². The molecule has 3 aromatic carbocycles. The lowest BCUT2D eigenvalue weighted by Crippen LogP contribution is -2.13. The molecule has 150 valence electrons. The predicted molar refractivity (Wildman–Crippen MR) is 115 cm³/mol. The molecular formula is C21H13Cl2N3O4. The van der Waals surface area contributed by atoms with Gasteiger partial charge in [0.05, 0.1) is 15.5 Å². The molecule has 30 heavy (non-hydrogen) atoms. The summed E-state index contributed by atoms with van der Waals surface area (Å²) in [6.45, 7) is 1.82. The number of non-ortho nitro benzene ring substituents is 1. The molecule has 7 nitrogen and oxygen atoms in total. The first-order valence-corrected chi connectivity index (χ1v) is 9.50. The Kier molecular flexibility index (Phi) is 5.15. The molecule has 9 heteroatoms. The molecule has 0 aliphatic heterocycles. The minimum Gasteiger partial charge on any atom is -0.436 e. The Bertz CT molecular complexity index is 1320. The molecule has 0 fully saturated rings. The molecule has 0 aliphatic rings. The van der Waals surface area contributed by atoms with Crippen molar-refractivity contribution in [2.24, 2.45) is 0 Å². The summed E-state index contributed by atoms with van der Waals surface area (Å²) in [6, 6.07) is 14.2. The van der Waals surface area contributed by atoms with Crippen LogP contribution < -0.4 is 5.32 Å². The molecule has 0 saturated carbocycles. The van der Waals surface area contributed by atoms with Crippen LogP contribution >= 0.6 is 23.2 Å². The number of hydrogen-bond donors (Lipinski definition) is 1. The van der Waals surface area contributed by atoms with Crippen LogP contribution in [0.3, 0.4) is 0 Å². The molecule has 1 N–H and O–H groups in total. The summed E-state index contributed by atoms with van der Waals surface area (Å²) in [4.78, 5) is 27.4. The van der Waals surface area contributed by atoms with Crippen LogP contribution in [-0.4, -0.2) is 15.8 Å². The third-order valence-electron chi connectivity index (χ3n) is 4.57. The van der Waals surface area contributed by atoms with Gasteiger partial charge in [-0.25, -0.2) is 4.98 Å². The highest BCUT2D eigenvalue weighted by molar-refractivity contribution is 6.34. The fourth-order valence-electron chi connectivity index (χ4n) is 3.01. The molecule has 4 rings (SSSR count). The summed E-state index contributed by atoms with van der Waals surface area (Å²) < 4.78 is 5.82. The van der Waals surface area contributed by atoms with E-state index in [0.717, 1.165) is 11.6 Å². The van der Waals surface area contributed by atoms with Gasteiger partial charge in [-0.2, -0.15) is 0 Å². The minimum atomic E-state index is -0.575. The van der Waals surface area contributed by atoms with E-state index in [2.05, 4.69) is 10.3 Å². The summed E-state index contributed by atoms with van der Waals surface area (Å²) in [5.74, 6) is -0.0891. The van der Waals surface area contributed by atoms with Crippen LogP contribution in [0.2, 0.25) is 10.0 Å². The number of nitro groups is 1. The maximum absolute atomic E-state index is 12.7. The van der Waals surface area contributed by atoms with Crippen LogP contribution in [0.25, 0.3) is 22.6 Å². The number of halogens is 2. The Hall–Kier alpha value is -3.42. The van der Waals surface area contributed by atoms with Crippen LogP contribution in [0.15, 0.2) is 59.0 Å². The average molecular weight is 442 g/mol. The zero-order valence-corrected chi connectivity index (χ0v) is 17.0. The fourth-order valence-corrected chi connectivity index (χ4v) is 3.44. The lowest BCUT2D eigenvalue weighted by Gasteiger charge is -2.11. The van der Waals surface area contributed by atoms with Gasteiger partial charge in [-0.15, -0.1) is 0 Å². The van der Waals surface area contributed by atoms with Gasteiger partial charge < -0.3 is 9.73 Å². The summed E-state index contributed by atoms with van der Waals surface area (Å²) >= 11 is 12.1. The number of hydrogen-bond acceptors (Lipinski definition) is 5. The van der Waals surface area contributed by atoms with Gasteiger partial charge in [0.25, 0.3) is 11.6 Å². The molecule has 0 saturated heterocycles. The number of aromatic nitrogens is 1. The zero-order valence-electron chi connectivity index (χ0n) is 15.5. The van der Waals surface area contributed by atoms with Crippen molar-refractivity contribution < 1.29 is 14.1 Å². The quantitative estimate of drug-likeness (QED) is 0.297. The SMILES string of the molecule is Cc1c(NC(=O)c2ccc([N+](=O)[O-])cc2Cl)cccc1-c1nc2cc(Cl)ccc2o1. The van der Waals surface area contributed by atoms with Gasteiger partial charge in [0.1, 0.15) is 5.52 Å². The highest BCUT2D eigenvalue weighted by Gasteiger charge is 2.18. The van der Waals surface area contributed by atoms with E-state index in [4.69, 9.17) is 27.6 Å². The van der Waals surface area contributed by atoms with E-state index >= 15 is 0 Å². The van der Waals surface area contributed by atoms with Gasteiger partial charge in [-0.1, -0.05) is 29.3 Å². The van der Waals surface area contributed by atoms with Crippen molar-refractivity contribution in [1.29, 1.82) is 0 Å². The standard InChI is InChI=1S/C21H13Cl2N3O4/c1-11-14(21-25-18-9-12(22)5-8-19(18)30-21)3-2-4-17(11)24-20(27)15-7-6-13(26(28)29)10-16(15)23/h2-10H,1H3,(H,24,27). The minimum absolute atomic E-state index is 0.00802. The third kappa shape index (κ3) is 3.72. The number of rotatable bonds is 4. The number of carbonyl (C=O) groups is 1. The Morgan fingerprint density at radius 3 is 2.67 bits per heavy atom. The molecule has 1 aromatic heterocycles. The first-order valence-electron chi connectivity index (χ1n) is 8.75. The highest BCUT2D eigenvalue weighted by atomic mass is 35.5. The molecule has 0 atom stereocenters. The van der Waals surface area contributed by atoms with Gasteiger partial charge in [0.2, 0.25) is 5.89 Å². The number of nitrogens with zero attached hydrogens (tertiary/aromatic N) is 2. The van der Waals surface area contributed by atoms with Crippen LogP contribution in [0.4, 0.5) is 11.4 Å². The maximum Gasteiger partial charge on any atom is 0.270 e. The van der Waals surface area contributed by atoms with Crippen molar-refractivity contribution in [3.63, 3.8) is 0 Å². The number of nitrogens with one attached hydrogen (secondary N) is 1. The molecule has 0 spiro atoms. The number of oxazole rings is 1. The summed E-state index contributed by atoms with van der Waals surface area (Å²) in [5, 5.41) is 14.2. The zero-order chi connectivity index (χ0) is 21.4. The Balaban J connectivity index is 1.66. The van der Waals surface area contributed by atoms with Crippen LogP contribution in [0.1, 0.15) is 15.9 Å². The smallest absolute Gasteiger partial charge is 0.270 e. The second-order valence-corrected chi connectivity index (χ2v) is 7.33. The predicted octanol–water partition coefficient (Wildman–Crippen LogP) is 6.27. The van der Waals surface area contributed by atoms with E-state index in [0.29, 0.717) is 33.3 Å². The van der Waals surface area contributed by atoms with Crippen LogP contribution in [0.5, 0.6) is 0 Å². The number of anilines is 1. The van der Waals surface area contributed by atoms with E-state index in [1.807, 2.05) is 13.0 Å². The molecule has 1 heterocycles. The summed E-state index contributed by atoms with van der Waals surface area (Å²) in [5.41, 5.74) is 3.14. The van der Waals surface area contributed by atoms with E-state index in [-0.39, 0.29) is 16.3 Å². The van der Waals surface area contributed by atoms with Gasteiger partial charge in [-0.05, 0) is 48.9 Å². The normalized spacial score (nSPS) is 10.9. The Morgan fingerprint density at radius 2 is 1.93 bits per heavy atom. The van der Waals surface area contributed by atoms with E-state index < -0.39 is 10.8 Å². The fraction of sp³-hybridized carbons (Fsp3) is 0.0476. The van der Waals surface area contributed by atoms with Crippen molar-refractivity contribution in [3.8, 4) is 11.5 Å². The molecular weight excluding hydrogens is 429 g/mol. The van der Waals surface area contributed by atoms with E-state index in [1.165, 1.54) is 12.1 Å². The van der Waals surface area contributed by atoms with Crippen molar-refractivity contribution in [2.45, 2.75) is 6.92 Å². The van der Waals surface area contributed by atoms with Crippen molar-refractivity contribution in [3.05, 3.63) is 85.9 Å². The lowest BCUT2D eigenvalue weighted by molar-refractivity contribution is -0.384. The third-order valence-corrected chi connectivity index (χ3v) is 5.12. The van der Waals surface area contributed by atoms with Crippen molar-refractivity contribution in [2.75, 3.05) is 5.32 Å². The number of nitro benzene ring substituents is 1. The lowest BCUT2D eigenvalue weighted by atomic mass is 10.1. The second-order valence-electron chi connectivity index (χ2n) is 6.48. The van der Waals surface area contributed by atoms with Crippen molar-refractivity contribution >= 4 is 51.6 Å². The van der Waals surface area contributed by atoms with Crippen LogP contribution in [0, 0.1) is 17.0 Å². The number of amides is 1. The first-order chi connectivity index (χ1) is 14.3. The van der Waals surface area contributed by atoms with E-state index in [9.17, 15) is 14.9 Å². The summed E-state index contributed by atoms with van der Waals surface area (Å²) in [7, 11) is 0. The number of benzene rings is 3. The van der Waals surface area contributed by atoms with Gasteiger partial charge >= 0.3 is 0 Å². The van der Waals surface area contributed by atoms with Crippen LogP contribution in [-0.2, 0) is 0 Å². The maximum atomic E-state index is 12.7. The second kappa shape index (κ2) is 7.78. The van der Waals surface area contributed by atoms with Gasteiger partial charge in [0, 0.05) is 28.4 Å². The molecule has 4 aromatic rings. The highest BCUT2D eigenvalue weighted by Crippen LogP contribution is 2.32. The van der Waals surface area contributed by atoms with Gasteiger partial charge in [0.15, 0.2) is 5.58 Å². The average Bonchev–Trinajstić information content (AvgIpc) is 3.12. The molecule has 1 amide bonds. The van der Waals surface area contributed by atoms with E-state index in [1.54, 1.807) is 30.3 Å². The largest absolute Gasteiger partial charge is 0.436 e. The first kappa shape index (κ1) is 19.9.